The molecule has 4 rings (SSSR count). The van der Waals surface area contributed by atoms with Crippen molar-refractivity contribution in [3.8, 4) is 0 Å². The number of hydrogen-bond acceptors (Lipinski definition) is 5. The molecule has 1 aromatic carbocycles. The van der Waals surface area contributed by atoms with Crippen LogP contribution in [0, 0.1) is 0 Å². The molecule has 138 valence electrons. The minimum atomic E-state index is -0.0937. The van der Waals surface area contributed by atoms with Crippen LogP contribution in [0.4, 0.5) is 0 Å². The average molecular weight is 355 g/mol. The third kappa shape index (κ3) is 3.64. The van der Waals surface area contributed by atoms with Crippen molar-refractivity contribution in [2.24, 2.45) is 5.73 Å². The third-order valence-electron chi connectivity index (χ3n) is 5.37. The lowest BCUT2D eigenvalue weighted by molar-refractivity contribution is -0.0230. The number of rotatable bonds is 3. The number of hydrogen-bond donors (Lipinski definition) is 1. The molecular weight excluding hydrogens is 330 g/mol. The van der Waals surface area contributed by atoms with E-state index >= 15 is 0 Å². The van der Waals surface area contributed by atoms with Gasteiger partial charge in [0.15, 0.2) is 5.69 Å². The number of carbonyl (C=O) groups is 1. The summed E-state index contributed by atoms with van der Waals surface area (Å²) in [5.74, 6) is -0.0759. The first-order chi connectivity index (χ1) is 12.7. The minimum Gasteiger partial charge on any atom is -0.370 e. The van der Waals surface area contributed by atoms with Gasteiger partial charge >= 0.3 is 0 Å². The lowest BCUT2D eigenvalue weighted by atomic mass is 9.92. The molecule has 1 saturated heterocycles. The summed E-state index contributed by atoms with van der Waals surface area (Å²) >= 11 is 0. The van der Waals surface area contributed by atoms with Crippen molar-refractivity contribution < 1.29 is 9.53 Å². The topological polar surface area (TPSA) is 86.3 Å². The van der Waals surface area contributed by atoms with Gasteiger partial charge in [-0.2, -0.15) is 0 Å². The van der Waals surface area contributed by atoms with Crippen LogP contribution in [-0.4, -0.2) is 51.5 Å². The zero-order valence-electron chi connectivity index (χ0n) is 14.8. The highest BCUT2D eigenvalue weighted by Gasteiger charge is 2.28. The molecule has 0 spiro atoms. The molecule has 7 nitrogen and oxygen atoms in total. The second-order valence-corrected chi connectivity index (χ2v) is 7.17. The zero-order chi connectivity index (χ0) is 17.9. The van der Waals surface area contributed by atoms with Crippen LogP contribution in [0.25, 0.3) is 0 Å². The van der Waals surface area contributed by atoms with Crippen molar-refractivity contribution in [2.45, 2.75) is 43.9 Å². The Bertz CT molecular complexity index is 739. The van der Waals surface area contributed by atoms with Gasteiger partial charge in [-0.3, -0.25) is 4.79 Å². The molecule has 2 aliphatic rings. The number of carbonyl (C=O) groups excluding carboxylic acids is 1. The van der Waals surface area contributed by atoms with Crippen LogP contribution in [0.2, 0.25) is 0 Å². The van der Waals surface area contributed by atoms with Crippen LogP contribution in [0.3, 0.4) is 0 Å². The highest BCUT2D eigenvalue weighted by Crippen LogP contribution is 2.27. The van der Waals surface area contributed by atoms with Crippen molar-refractivity contribution in [3.05, 3.63) is 47.8 Å². The maximum Gasteiger partial charge on any atom is 0.276 e. The Labute approximate surface area is 153 Å². The number of amides is 1. The minimum absolute atomic E-state index is 0.0759. The Morgan fingerprint density at radius 1 is 1.15 bits per heavy atom. The van der Waals surface area contributed by atoms with Gasteiger partial charge in [-0.1, -0.05) is 35.5 Å². The normalized spacial score (nSPS) is 26.7. The molecule has 7 heteroatoms. The van der Waals surface area contributed by atoms with Gasteiger partial charge in [0, 0.05) is 12.6 Å². The number of benzene rings is 1. The highest BCUT2D eigenvalue weighted by molar-refractivity contribution is 5.92. The molecule has 2 fully saturated rings. The van der Waals surface area contributed by atoms with Crippen molar-refractivity contribution >= 4 is 5.91 Å². The molecule has 1 unspecified atom stereocenters. The van der Waals surface area contributed by atoms with E-state index in [1.807, 2.05) is 39.9 Å². The molecule has 1 aliphatic carbocycles. The first kappa shape index (κ1) is 17.2. The molecule has 1 aliphatic heterocycles. The number of nitrogens with zero attached hydrogens (tertiary/aromatic N) is 4. The molecule has 0 radical (unpaired) electrons. The zero-order valence-corrected chi connectivity index (χ0v) is 14.8. The fourth-order valence-electron chi connectivity index (χ4n) is 3.78. The summed E-state index contributed by atoms with van der Waals surface area (Å²) in [6.45, 7) is 1.64. The number of aromatic nitrogens is 3. The fraction of sp³-hybridized carbons (Fsp3) is 0.526. The molecular formula is C19H25N5O2. The second-order valence-electron chi connectivity index (χ2n) is 7.17. The van der Waals surface area contributed by atoms with E-state index in [0.29, 0.717) is 37.5 Å². The van der Waals surface area contributed by atoms with Crippen LogP contribution < -0.4 is 5.73 Å². The predicted molar refractivity (Wildman–Crippen MR) is 96.5 cm³/mol. The first-order valence-electron chi connectivity index (χ1n) is 9.34. The van der Waals surface area contributed by atoms with Crippen molar-refractivity contribution in [1.29, 1.82) is 0 Å². The Morgan fingerprint density at radius 2 is 1.92 bits per heavy atom. The standard InChI is InChI=1S/C19H25N5O2/c20-15-6-8-16(9-7-15)24-12-17(21-22-24)19(25)23-10-11-26-18(13-23)14-4-2-1-3-5-14/h1-5,12,15-16,18H,6-11,13,20H2. The smallest absolute Gasteiger partial charge is 0.276 e. The van der Waals surface area contributed by atoms with E-state index in [0.717, 1.165) is 31.2 Å². The van der Waals surface area contributed by atoms with E-state index < -0.39 is 0 Å². The predicted octanol–water partition coefficient (Wildman–Crippen LogP) is 1.93. The average Bonchev–Trinajstić information content (AvgIpc) is 3.19. The number of nitrogens with two attached hydrogens (primary N) is 1. The van der Waals surface area contributed by atoms with E-state index in [2.05, 4.69) is 10.3 Å². The van der Waals surface area contributed by atoms with Crippen molar-refractivity contribution in [1.82, 2.24) is 19.9 Å². The quantitative estimate of drug-likeness (QED) is 0.909. The summed E-state index contributed by atoms with van der Waals surface area (Å²) in [7, 11) is 0. The van der Waals surface area contributed by atoms with Gasteiger partial charge in [0.1, 0.15) is 6.10 Å². The van der Waals surface area contributed by atoms with Gasteiger partial charge in [0.2, 0.25) is 0 Å². The summed E-state index contributed by atoms with van der Waals surface area (Å²) in [6.07, 6.45) is 5.67. The summed E-state index contributed by atoms with van der Waals surface area (Å²) in [4.78, 5) is 14.7. The third-order valence-corrected chi connectivity index (χ3v) is 5.37. The monoisotopic (exact) mass is 355 g/mol. The highest BCUT2D eigenvalue weighted by atomic mass is 16.5. The summed E-state index contributed by atoms with van der Waals surface area (Å²) < 4.78 is 7.69. The molecule has 1 amide bonds. The summed E-state index contributed by atoms with van der Waals surface area (Å²) in [5, 5.41) is 8.34. The summed E-state index contributed by atoms with van der Waals surface area (Å²) in [5.41, 5.74) is 7.47. The molecule has 26 heavy (non-hydrogen) atoms. The van der Waals surface area contributed by atoms with Crippen LogP contribution >= 0.6 is 0 Å². The van der Waals surface area contributed by atoms with Gasteiger partial charge < -0.3 is 15.4 Å². The SMILES string of the molecule is NC1CCC(n2cc(C(=O)N3CCOC(c4ccccc4)C3)nn2)CC1. The fourth-order valence-corrected chi connectivity index (χ4v) is 3.78. The second kappa shape index (κ2) is 7.55. The molecule has 0 bridgehead atoms. The largest absolute Gasteiger partial charge is 0.370 e. The molecule has 2 aromatic rings. The van der Waals surface area contributed by atoms with Gasteiger partial charge in [-0.15, -0.1) is 5.10 Å². The van der Waals surface area contributed by atoms with Gasteiger partial charge in [0.25, 0.3) is 5.91 Å². The number of morpholine rings is 1. The van der Waals surface area contributed by atoms with Crippen LogP contribution in [0.1, 0.15) is 53.9 Å². The van der Waals surface area contributed by atoms with Crippen LogP contribution in [-0.2, 0) is 4.74 Å². The van der Waals surface area contributed by atoms with Crippen molar-refractivity contribution in [3.63, 3.8) is 0 Å². The van der Waals surface area contributed by atoms with E-state index in [4.69, 9.17) is 10.5 Å². The number of ether oxygens (including phenoxy) is 1. The lowest BCUT2D eigenvalue weighted by Gasteiger charge is -2.32. The maximum absolute atomic E-state index is 12.9. The Kier molecular flexibility index (Phi) is 4.99. The molecule has 2 N–H and O–H groups in total. The van der Waals surface area contributed by atoms with E-state index in [-0.39, 0.29) is 12.0 Å². The van der Waals surface area contributed by atoms with E-state index in [1.54, 1.807) is 6.20 Å². The maximum atomic E-state index is 12.9. The molecule has 1 atom stereocenters. The van der Waals surface area contributed by atoms with Gasteiger partial charge in [0.05, 0.1) is 25.4 Å². The molecule has 2 heterocycles. The van der Waals surface area contributed by atoms with E-state index in [1.165, 1.54) is 0 Å². The Balaban J connectivity index is 1.42. The lowest BCUT2D eigenvalue weighted by Crippen LogP contribution is -2.42. The van der Waals surface area contributed by atoms with Crippen LogP contribution in [0.15, 0.2) is 36.5 Å². The first-order valence-corrected chi connectivity index (χ1v) is 9.34. The van der Waals surface area contributed by atoms with Gasteiger partial charge in [-0.05, 0) is 31.2 Å². The summed E-state index contributed by atoms with van der Waals surface area (Å²) in [6, 6.07) is 10.6. The van der Waals surface area contributed by atoms with Crippen LogP contribution in [0.5, 0.6) is 0 Å². The van der Waals surface area contributed by atoms with E-state index in [9.17, 15) is 4.79 Å². The molecule has 1 aromatic heterocycles. The Hall–Kier alpha value is -2.25. The van der Waals surface area contributed by atoms with Gasteiger partial charge in [-0.25, -0.2) is 4.68 Å². The van der Waals surface area contributed by atoms with Crippen molar-refractivity contribution in [2.75, 3.05) is 19.7 Å². The Morgan fingerprint density at radius 3 is 2.69 bits per heavy atom. The molecule has 1 saturated carbocycles.